The summed E-state index contributed by atoms with van der Waals surface area (Å²) in [4.78, 5) is 24.9. The van der Waals surface area contributed by atoms with Crippen LogP contribution in [-0.4, -0.2) is 32.5 Å². The third kappa shape index (κ3) is 5.09. The number of carbonyl (C=O) groups is 2. The number of rotatable bonds is 6. The second-order valence-corrected chi connectivity index (χ2v) is 9.80. The molecular formula is C28H19Cl3N4O3. The zero-order valence-corrected chi connectivity index (χ0v) is 22.2. The molecule has 4 aromatic rings. The molecular weight excluding hydrogens is 547 g/mol. The Balaban J connectivity index is 1.53. The van der Waals surface area contributed by atoms with Gasteiger partial charge in [-0.25, -0.2) is 4.79 Å². The number of benzene rings is 3. The summed E-state index contributed by atoms with van der Waals surface area (Å²) in [7, 11) is 0. The van der Waals surface area contributed by atoms with E-state index in [0.717, 1.165) is 16.7 Å². The van der Waals surface area contributed by atoms with Gasteiger partial charge in [-0.15, -0.1) is 0 Å². The molecule has 0 spiro atoms. The molecule has 1 aliphatic rings. The smallest absolute Gasteiger partial charge is 0.337 e. The fourth-order valence-corrected chi connectivity index (χ4v) is 4.61. The van der Waals surface area contributed by atoms with Gasteiger partial charge in [0.25, 0.3) is 5.91 Å². The number of hydrogen-bond donors (Lipinski definition) is 1. The van der Waals surface area contributed by atoms with Crippen molar-refractivity contribution in [3.63, 3.8) is 0 Å². The van der Waals surface area contributed by atoms with Crippen LogP contribution in [0.15, 0.2) is 83.6 Å². The van der Waals surface area contributed by atoms with Crippen molar-refractivity contribution >= 4 is 64.2 Å². The third-order valence-electron chi connectivity index (χ3n) is 5.95. The minimum Gasteiger partial charge on any atom is -0.478 e. The molecule has 7 nitrogen and oxygen atoms in total. The molecule has 0 aliphatic carbocycles. The van der Waals surface area contributed by atoms with Crippen LogP contribution in [0.4, 0.5) is 5.69 Å². The summed E-state index contributed by atoms with van der Waals surface area (Å²) in [6.45, 7) is 2.16. The van der Waals surface area contributed by atoms with Crippen LogP contribution in [0.25, 0.3) is 17.3 Å². The van der Waals surface area contributed by atoms with Gasteiger partial charge in [-0.05, 0) is 48.9 Å². The lowest BCUT2D eigenvalue weighted by molar-refractivity contribution is -0.114. The van der Waals surface area contributed by atoms with Crippen molar-refractivity contribution < 1.29 is 14.7 Å². The Labute approximate surface area is 233 Å². The van der Waals surface area contributed by atoms with Crippen LogP contribution in [0.5, 0.6) is 0 Å². The maximum absolute atomic E-state index is 13.4. The van der Waals surface area contributed by atoms with Crippen molar-refractivity contribution in [1.29, 1.82) is 0 Å². The first-order chi connectivity index (χ1) is 18.2. The lowest BCUT2D eigenvalue weighted by atomic mass is 10.0. The van der Waals surface area contributed by atoms with Crippen molar-refractivity contribution in [3.8, 4) is 11.3 Å². The highest BCUT2D eigenvalue weighted by Gasteiger charge is 2.30. The minimum absolute atomic E-state index is 0.0752. The first-order valence-corrected chi connectivity index (χ1v) is 12.6. The van der Waals surface area contributed by atoms with E-state index in [2.05, 4.69) is 5.10 Å². The molecule has 10 heteroatoms. The summed E-state index contributed by atoms with van der Waals surface area (Å²) < 4.78 is 1.77. The van der Waals surface area contributed by atoms with Crippen molar-refractivity contribution in [3.05, 3.63) is 110 Å². The Bertz CT molecular complexity index is 1640. The Morgan fingerprint density at radius 3 is 2.42 bits per heavy atom. The number of hydrazone groups is 1. The summed E-state index contributed by atoms with van der Waals surface area (Å²) in [6, 6.07) is 19.4. The van der Waals surface area contributed by atoms with E-state index in [4.69, 9.17) is 39.9 Å². The largest absolute Gasteiger partial charge is 0.478 e. The standard InChI is InChI=1S/C28H19Cl3N4O3/c1-16-21(27(36)35(32-16)20-8-10-23(29)22(13-20)28(37)38)12-19-15-34(14-17-7-9-24(30)25(31)11-17)33-26(19)18-5-3-2-4-6-18/h2-13,15H,14H2,1H3,(H,37,38). The lowest BCUT2D eigenvalue weighted by Gasteiger charge is -2.13. The predicted octanol–water partition coefficient (Wildman–Crippen LogP) is 7.06. The average molecular weight is 566 g/mol. The second kappa shape index (κ2) is 10.5. The fourth-order valence-electron chi connectivity index (χ4n) is 4.09. The highest BCUT2D eigenvalue weighted by atomic mass is 35.5. The van der Waals surface area contributed by atoms with E-state index in [1.165, 1.54) is 17.1 Å². The molecule has 0 unspecified atom stereocenters. The second-order valence-electron chi connectivity index (χ2n) is 8.57. The Morgan fingerprint density at radius 1 is 0.974 bits per heavy atom. The first-order valence-electron chi connectivity index (χ1n) is 11.4. The van der Waals surface area contributed by atoms with Crippen LogP contribution < -0.4 is 5.01 Å². The van der Waals surface area contributed by atoms with Crippen LogP contribution in [-0.2, 0) is 11.3 Å². The van der Waals surface area contributed by atoms with Gasteiger partial charge in [0.15, 0.2) is 0 Å². The highest BCUT2D eigenvalue weighted by molar-refractivity contribution is 6.42. The summed E-state index contributed by atoms with van der Waals surface area (Å²) in [6.07, 6.45) is 3.60. The lowest BCUT2D eigenvalue weighted by Crippen LogP contribution is -2.21. The Kier molecular flexibility index (Phi) is 7.08. The Hall–Kier alpha value is -3.91. The number of aromatic nitrogens is 2. The SMILES string of the molecule is CC1=NN(c2ccc(Cl)c(C(=O)O)c2)C(=O)C1=Cc1cn(Cc2ccc(Cl)c(Cl)c2)nc1-c1ccccc1. The average Bonchev–Trinajstić information content (AvgIpc) is 3.42. The molecule has 0 bridgehead atoms. The number of anilines is 1. The van der Waals surface area contributed by atoms with Gasteiger partial charge >= 0.3 is 5.97 Å². The zero-order valence-electron chi connectivity index (χ0n) is 19.9. The van der Waals surface area contributed by atoms with E-state index < -0.39 is 11.9 Å². The predicted molar refractivity (Wildman–Crippen MR) is 150 cm³/mol. The van der Waals surface area contributed by atoms with Crippen molar-refractivity contribution in [1.82, 2.24) is 9.78 Å². The van der Waals surface area contributed by atoms with Gasteiger partial charge in [0.2, 0.25) is 0 Å². The molecule has 1 aromatic heterocycles. The van der Waals surface area contributed by atoms with Crippen LogP contribution in [0.3, 0.4) is 0 Å². The van der Waals surface area contributed by atoms with E-state index in [-0.39, 0.29) is 10.6 Å². The van der Waals surface area contributed by atoms with Crippen LogP contribution in [0, 0.1) is 0 Å². The molecule has 0 saturated heterocycles. The van der Waals surface area contributed by atoms with Crippen molar-refractivity contribution in [2.24, 2.45) is 5.10 Å². The number of hydrogen-bond acceptors (Lipinski definition) is 4. The number of aromatic carboxylic acids is 1. The molecule has 0 atom stereocenters. The number of nitrogens with zero attached hydrogens (tertiary/aromatic N) is 4. The third-order valence-corrected chi connectivity index (χ3v) is 7.02. The van der Waals surface area contributed by atoms with E-state index in [1.54, 1.807) is 35.9 Å². The molecule has 0 radical (unpaired) electrons. The topological polar surface area (TPSA) is 87.8 Å². The monoisotopic (exact) mass is 564 g/mol. The van der Waals surface area contributed by atoms with Gasteiger partial charge in [-0.1, -0.05) is 71.2 Å². The van der Waals surface area contributed by atoms with Gasteiger partial charge < -0.3 is 5.11 Å². The molecule has 190 valence electrons. The van der Waals surface area contributed by atoms with E-state index in [0.29, 0.717) is 39.3 Å². The molecule has 1 amide bonds. The van der Waals surface area contributed by atoms with E-state index >= 15 is 0 Å². The van der Waals surface area contributed by atoms with Crippen LogP contribution in [0.2, 0.25) is 15.1 Å². The maximum Gasteiger partial charge on any atom is 0.337 e. The van der Waals surface area contributed by atoms with E-state index in [9.17, 15) is 14.7 Å². The van der Waals surface area contributed by atoms with Gasteiger partial charge in [-0.3, -0.25) is 9.48 Å². The van der Waals surface area contributed by atoms with E-state index in [1.807, 2.05) is 42.6 Å². The minimum atomic E-state index is -1.19. The van der Waals surface area contributed by atoms with Gasteiger partial charge in [0, 0.05) is 17.3 Å². The van der Waals surface area contributed by atoms with Crippen LogP contribution in [0.1, 0.15) is 28.4 Å². The normalized spacial score (nSPS) is 14.3. The zero-order chi connectivity index (χ0) is 27.0. The number of halogens is 3. The number of carboxylic acid groups (broad SMARTS) is 1. The van der Waals surface area contributed by atoms with Gasteiger partial charge in [0.1, 0.15) is 0 Å². The fraction of sp³-hybridized carbons (Fsp3) is 0.0714. The van der Waals surface area contributed by atoms with Crippen LogP contribution >= 0.6 is 34.8 Å². The molecule has 5 rings (SSSR count). The summed E-state index contributed by atoms with van der Waals surface area (Å²) >= 11 is 18.2. The van der Waals surface area contributed by atoms with Crippen molar-refractivity contribution in [2.75, 3.05) is 5.01 Å². The molecule has 2 heterocycles. The quantitative estimate of drug-likeness (QED) is 0.253. The number of carboxylic acids is 1. The Morgan fingerprint density at radius 2 is 1.71 bits per heavy atom. The summed E-state index contributed by atoms with van der Waals surface area (Å²) in [5, 5.41) is 20.8. The summed E-state index contributed by atoms with van der Waals surface area (Å²) in [5.74, 6) is -1.58. The first kappa shape index (κ1) is 25.7. The maximum atomic E-state index is 13.4. The highest BCUT2D eigenvalue weighted by Crippen LogP contribution is 2.31. The molecule has 0 saturated carbocycles. The number of amides is 1. The molecule has 3 aromatic carbocycles. The van der Waals surface area contributed by atoms with Gasteiger partial charge in [0.05, 0.1) is 49.8 Å². The summed E-state index contributed by atoms with van der Waals surface area (Å²) in [5.41, 5.74) is 4.25. The molecule has 1 aliphatic heterocycles. The number of carbonyl (C=O) groups excluding carboxylic acids is 1. The molecule has 1 N–H and O–H groups in total. The molecule has 38 heavy (non-hydrogen) atoms. The molecule has 0 fully saturated rings. The van der Waals surface area contributed by atoms with Gasteiger partial charge in [-0.2, -0.15) is 15.2 Å². The van der Waals surface area contributed by atoms with Crippen molar-refractivity contribution in [2.45, 2.75) is 13.5 Å².